The third kappa shape index (κ3) is 1.45. The number of aliphatic hydroxyl groups excluding tert-OH is 1. The molecule has 0 bridgehead atoms. The maximum Gasteiger partial charge on any atom is 0.183 e. The molecule has 14 heavy (non-hydrogen) atoms. The normalized spacial score (nSPS) is 13.3. The molecule has 2 rings (SSSR count). The van der Waals surface area contributed by atoms with Crippen LogP contribution in [0.4, 0.5) is 0 Å². The molecule has 0 amide bonds. The van der Waals surface area contributed by atoms with Crippen LogP contribution >= 0.6 is 0 Å². The maximum absolute atomic E-state index is 8.78. The van der Waals surface area contributed by atoms with Gasteiger partial charge in [0.05, 0.1) is 0 Å². The molecule has 0 spiro atoms. The monoisotopic (exact) mass is 193 g/mol. The second kappa shape index (κ2) is 3.69. The fourth-order valence-electron chi connectivity index (χ4n) is 1.37. The van der Waals surface area contributed by atoms with Crippen LogP contribution < -0.4 is 5.73 Å². The first kappa shape index (κ1) is 9.04. The van der Waals surface area contributed by atoms with Crippen LogP contribution in [0.25, 0.3) is 5.65 Å². The Bertz CT molecular complexity index is 426. The number of nitrogens with zero attached hydrogens (tertiary/aromatic N) is 4. The van der Waals surface area contributed by atoms with Gasteiger partial charge in [-0.05, 0) is 22.9 Å². The minimum Gasteiger partial charge on any atom is -0.396 e. The molecule has 0 saturated carbocycles. The Morgan fingerprint density at radius 2 is 2.43 bits per heavy atom. The van der Waals surface area contributed by atoms with E-state index in [1.165, 1.54) is 0 Å². The Kier molecular flexibility index (Phi) is 2.38. The van der Waals surface area contributed by atoms with Crippen molar-refractivity contribution >= 4 is 5.65 Å². The molecule has 2 aromatic rings. The lowest BCUT2D eigenvalue weighted by Gasteiger charge is -2.09. The molecule has 0 saturated heterocycles. The van der Waals surface area contributed by atoms with Crippen LogP contribution in [0.3, 0.4) is 0 Å². The predicted molar refractivity (Wildman–Crippen MR) is 49.4 cm³/mol. The van der Waals surface area contributed by atoms with Crippen molar-refractivity contribution in [1.29, 1.82) is 0 Å². The summed E-state index contributed by atoms with van der Waals surface area (Å²) in [6, 6.07) is 3.47. The molecule has 0 fully saturated rings. The van der Waals surface area contributed by atoms with Crippen molar-refractivity contribution in [2.75, 3.05) is 6.61 Å². The summed E-state index contributed by atoms with van der Waals surface area (Å²) in [7, 11) is 0. The zero-order valence-corrected chi connectivity index (χ0v) is 7.54. The van der Waals surface area contributed by atoms with Crippen LogP contribution in [-0.4, -0.2) is 31.8 Å². The van der Waals surface area contributed by atoms with Gasteiger partial charge in [-0.3, -0.25) is 0 Å². The van der Waals surface area contributed by atoms with E-state index in [0.717, 1.165) is 5.56 Å². The van der Waals surface area contributed by atoms with Crippen LogP contribution in [0.15, 0.2) is 18.3 Å². The molecule has 0 radical (unpaired) electrons. The molecule has 6 nitrogen and oxygen atoms in total. The van der Waals surface area contributed by atoms with Gasteiger partial charge in [0.15, 0.2) is 5.65 Å². The van der Waals surface area contributed by atoms with Crippen LogP contribution in [0.1, 0.15) is 18.0 Å². The van der Waals surface area contributed by atoms with Crippen molar-refractivity contribution in [2.24, 2.45) is 5.73 Å². The highest BCUT2D eigenvalue weighted by molar-refractivity contribution is 5.46. The summed E-state index contributed by atoms with van der Waals surface area (Å²) in [5, 5.41) is 20.0. The van der Waals surface area contributed by atoms with E-state index in [1.807, 2.05) is 12.1 Å². The lowest BCUT2D eigenvalue weighted by molar-refractivity contribution is 0.276. The van der Waals surface area contributed by atoms with Gasteiger partial charge in [-0.25, -0.2) is 4.52 Å². The van der Waals surface area contributed by atoms with Gasteiger partial charge in [0.2, 0.25) is 0 Å². The van der Waals surface area contributed by atoms with E-state index in [2.05, 4.69) is 15.5 Å². The van der Waals surface area contributed by atoms with E-state index in [4.69, 9.17) is 10.8 Å². The summed E-state index contributed by atoms with van der Waals surface area (Å²) in [6.45, 7) is 0.0593. The molecule has 0 aliphatic carbocycles. The summed E-state index contributed by atoms with van der Waals surface area (Å²) in [6.07, 6.45) is 2.26. The van der Waals surface area contributed by atoms with Gasteiger partial charge in [0.1, 0.15) is 0 Å². The molecule has 2 heterocycles. The van der Waals surface area contributed by atoms with E-state index >= 15 is 0 Å². The van der Waals surface area contributed by atoms with Crippen LogP contribution in [0, 0.1) is 0 Å². The number of tetrazole rings is 1. The number of pyridine rings is 1. The molecule has 0 aliphatic rings. The molecule has 74 valence electrons. The Morgan fingerprint density at radius 1 is 1.57 bits per heavy atom. The van der Waals surface area contributed by atoms with Gasteiger partial charge in [-0.2, -0.15) is 0 Å². The summed E-state index contributed by atoms with van der Waals surface area (Å²) >= 11 is 0. The Hall–Kier alpha value is -1.53. The molecule has 1 unspecified atom stereocenters. The zero-order chi connectivity index (χ0) is 9.97. The van der Waals surface area contributed by atoms with Gasteiger partial charge in [0.25, 0.3) is 0 Å². The molecular weight excluding hydrogens is 182 g/mol. The quantitative estimate of drug-likeness (QED) is 0.686. The summed E-state index contributed by atoms with van der Waals surface area (Å²) in [5.41, 5.74) is 7.36. The summed E-state index contributed by atoms with van der Waals surface area (Å²) in [4.78, 5) is 0. The Balaban J connectivity index is 2.45. The number of aliphatic hydroxyl groups is 1. The smallest absolute Gasteiger partial charge is 0.183 e. The van der Waals surface area contributed by atoms with Crippen molar-refractivity contribution in [1.82, 2.24) is 20.0 Å². The average molecular weight is 193 g/mol. The lowest BCUT2D eigenvalue weighted by Crippen LogP contribution is -2.13. The van der Waals surface area contributed by atoms with Crippen LogP contribution in [0.5, 0.6) is 0 Å². The predicted octanol–water partition coefficient (Wildman–Crippen LogP) is -0.494. The average Bonchev–Trinajstić information content (AvgIpc) is 2.65. The lowest BCUT2D eigenvalue weighted by atomic mass is 10.1. The molecule has 0 aliphatic heterocycles. The molecule has 6 heteroatoms. The number of hydrogen-bond acceptors (Lipinski definition) is 5. The van der Waals surface area contributed by atoms with Crippen molar-refractivity contribution in [3.05, 3.63) is 23.9 Å². The topological polar surface area (TPSA) is 89.3 Å². The maximum atomic E-state index is 8.78. The fourth-order valence-corrected chi connectivity index (χ4v) is 1.37. The third-order valence-corrected chi connectivity index (χ3v) is 2.09. The van der Waals surface area contributed by atoms with E-state index in [0.29, 0.717) is 12.1 Å². The number of hydrogen-bond donors (Lipinski definition) is 2. The Labute approximate surface area is 80.3 Å². The van der Waals surface area contributed by atoms with Gasteiger partial charge >= 0.3 is 0 Å². The molecule has 2 aromatic heterocycles. The van der Waals surface area contributed by atoms with Gasteiger partial charge in [0, 0.05) is 24.4 Å². The standard InChI is InChI=1S/C8H11N5O/c9-7(3-5-14)6-2-1-4-13-8(6)10-11-12-13/h1-2,4,7,14H,3,5,9H2. The zero-order valence-electron chi connectivity index (χ0n) is 7.54. The Morgan fingerprint density at radius 3 is 3.21 bits per heavy atom. The second-order valence-electron chi connectivity index (χ2n) is 3.03. The van der Waals surface area contributed by atoms with Gasteiger partial charge < -0.3 is 10.8 Å². The van der Waals surface area contributed by atoms with E-state index in [-0.39, 0.29) is 12.6 Å². The molecular formula is C8H11N5O. The van der Waals surface area contributed by atoms with E-state index in [9.17, 15) is 0 Å². The first-order chi connectivity index (χ1) is 6.83. The van der Waals surface area contributed by atoms with E-state index < -0.39 is 0 Å². The van der Waals surface area contributed by atoms with Crippen molar-refractivity contribution in [3.8, 4) is 0 Å². The molecule has 3 N–H and O–H groups in total. The minimum atomic E-state index is -0.227. The largest absolute Gasteiger partial charge is 0.396 e. The number of aromatic nitrogens is 4. The van der Waals surface area contributed by atoms with Gasteiger partial charge in [-0.1, -0.05) is 6.07 Å². The van der Waals surface area contributed by atoms with Gasteiger partial charge in [-0.15, -0.1) is 5.10 Å². The first-order valence-corrected chi connectivity index (χ1v) is 4.36. The second-order valence-corrected chi connectivity index (χ2v) is 3.03. The molecule has 0 aromatic carbocycles. The highest BCUT2D eigenvalue weighted by Crippen LogP contribution is 2.16. The third-order valence-electron chi connectivity index (χ3n) is 2.09. The van der Waals surface area contributed by atoms with Crippen molar-refractivity contribution in [2.45, 2.75) is 12.5 Å². The van der Waals surface area contributed by atoms with Crippen molar-refractivity contribution < 1.29 is 5.11 Å². The number of nitrogens with two attached hydrogens (primary N) is 1. The van der Waals surface area contributed by atoms with Crippen LogP contribution in [-0.2, 0) is 0 Å². The highest BCUT2D eigenvalue weighted by atomic mass is 16.3. The molecule has 1 atom stereocenters. The van der Waals surface area contributed by atoms with E-state index in [1.54, 1.807) is 10.7 Å². The number of fused-ring (bicyclic) bond motifs is 1. The summed E-state index contributed by atoms with van der Waals surface area (Å²) in [5.74, 6) is 0. The number of rotatable bonds is 3. The van der Waals surface area contributed by atoms with Crippen LogP contribution in [0.2, 0.25) is 0 Å². The minimum absolute atomic E-state index is 0.0593. The first-order valence-electron chi connectivity index (χ1n) is 4.36. The van der Waals surface area contributed by atoms with Crippen molar-refractivity contribution in [3.63, 3.8) is 0 Å². The highest BCUT2D eigenvalue weighted by Gasteiger charge is 2.11. The fraction of sp³-hybridized carbons (Fsp3) is 0.375. The SMILES string of the molecule is NC(CCO)c1cccn2nnnc12. The summed E-state index contributed by atoms with van der Waals surface area (Å²) < 4.78 is 1.56.